The third kappa shape index (κ3) is 4.81. The lowest BCUT2D eigenvalue weighted by atomic mass is 9.87. The van der Waals surface area contributed by atoms with Crippen LogP contribution in [0.5, 0.6) is 0 Å². The zero-order chi connectivity index (χ0) is 21.2. The van der Waals surface area contributed by atoms with Crippen molar-refractivity contribution in [2.45, 2.75) is 39.2 Å². The molecule has 156 valence electrons. The number of amides is 2. The molecule has 29 heavy (non-hydrogen) atoms. The van der Waals surface area contributed by atoms with Gasteiger partial charge in [0.25, 0.3) is 0 Å². The number of benzene rings is 1. The average molecular weight is 396 g/mol. The first kappa shape index (κ1) is 21.0. The third-order valence-electron chi connectivity index (χ3n) is 5.44. The van der Waals surface area contributed by atoms with Crippen LogP contribution in [0.4, 0.5) is 22.0 Å². The van der Waals surface area contributed by atoms with E-state index in [2.05, 4.69) is 66.0 Å². The second kappa shape index (κ2) is 8.31. The number of piperazine rings is 1. The van der Waals surface area contributed by atoms with Crippen molar-refractivity contribution in [2.24, 2.45) is 0 Å². The van der Waals surface area contributed by atoms with Gasteiger partial charge in [-0.2, -0.15) is 0 Å². The molecule has 0 spiro atoms. The van der Waals surface area contributed by atoms with Crippen molar-refractivity contribution in [1.82, 2.24) is 9.88 Å². The predicted octanol–water partition coefficient (Wildman–Crippen LogP) is 4.19. The van der Waals surface area contributed by atoms with Gasteiger partial charge in [0.15, 0.2) is 5.82 Å². The van der Waals surface area contributed by atoms with Gasteiger partial charge >= 0.3 is 6.03 Å². The molecule has 1 fully saturated rings. The first-order valence-corrected chi connectivity index (χ1v) is 10.2. The Kier molecular flexibility index (Phi) is 6.01. The van der Waals surface area contributed by atoms with Crippen LogP contribution in [-0.2, 0) is 5.41 Å². The van der Waals surface area contributed by atoms with Gasteiger partial charge in [0.2, 0.25) is 0 Å². The van der Waals surface area contributed by atoms with Crippen LogP contribution in [0.25, 0.3) is 0 Å². The summed E-state index contributed by atoms with van der Waals surface area (Å²) in [7, 11) is 4.05. The first-order valence-electron chi connectivity index (χ1n) is 10.2. The number of aromatic nitrogens is 1. The molecule has 3 rings (SSSR count). The highest BCUT2D eigenvalue weighted by Gasteiger charge is 2.29. The van der Waals surface area contributed by atoms with Crippen molar-refractivity contribution in [3.8, 4) is 0 Å². The van der Waals surface area contributed by atoms with E-state index in [1.165, 1.54) is 5.56 Å². The minimum absolute atomic E-state index is 0.0467. The van der Waals surface area contributed by atoms with Crippen molar-refractivity contribution in [1.29, 1.82) is 0 Å². The highest BCUT2D eigenvalue weighted by molar-refractivity contribution is 5.89. The fraction of sp³-hybridized carbons (Fsp3) is 0.478. The molecular formula is C23H33N5O. The number of rotatable bonds is 3. The summed E-state index contributed by atoms with van der Waals surface area (Å²) in [5, 5.41) is 3.05. The van der Waals surface area contributed by atoms with Gasteiger partial charge in [-0.05, 0) is 42.2 Å². The minimum atomic E-state index is -0.0467. The topological polar surface area (TPSA) is 51.7 Å². The molecule has 1 aliphatic rings. The van der Waals surface area contributed by atoms with Crippen LogP contribution < -0.4 is 15.1 Å². The van der Waals surface area contributed by atoms with Crippen LogP contribution in [0.1, 0.15) is 33.3 Å². The second-order valence-corrected chi connectivity index (χ2v) is 8.99. The van der Waals surface area contributed by atoms with Crippen LogP contribution >= 0.6 is 0 Å². The first-order chi connectivity index (χ1) is 13.7. The van der Waals surface area contributed by atoms with E-state index in [1.807, 2.05) is 43.4 Å². The minimum Gasteiger partial charge on any atom is -0.375 e. The summed E-state index contributed by atoms with van der Waals surface area (Å²) in [4.78, 5) is 23.7. The van der Waals surface area contributed by atoms with Gasteiger partial charge in [-0.15, -0.1) is 0 Å². The standard InChI is InChI=1S/C23H33N5O/c1-17-16-27(21-20(26(5)6)8-7-13-24-21)14-15-28(17)22(29)25-19-11-9-18(10-12-19)23(2,3)4/h7-13,17H,14-16H2,1-6H3,(H,25,29)/t17-/m0/s1. The summed E-state index contributed by atoms with van der Waals surface area (Å²) < 4.78 is 0. The normalized spacial score (nSPS) is 17.2. The quantitative estimate of drug-likeness (QED) is 0.847. The Morgan fingerprint density at radius 1 is 1.14 bits per heavy atom. The fourth-order valence-electron chi connectivity index (χ4n) is 3.68. The molecule has 0 unspecified atom stereocenters. The van der Waals surface area contributed by atoms with Crippen LogP contribution in [0, 0.1) is 0 Å². The third-order valence-corrected chi connectivity index (χ3v) is 5.44. The van der Waals surface area contributed by atoms with Crippen LogP contribution in [-0.4, -0.2) is 55.7 Å². The Bertz CT molecular complexity index is 841. The van der Waals surface area contributed by atoms with Crippen molar-refractivity contribution >= 4 is 23.2 Å². The molecule has 1 atom stereocenters. The van der Waals surface area contributed by atoms with Gasteiger partial charge < -0.3 is 20.0 Å². The molecule has 1 saturated heterocycles. The van der Waals surface area contributed by atoms with E-state index in [9.17, 15) is 4.79 Å². The molecule has 2 amide bonds. The Morgan fingerprint density at radius 3 is 2.41 bits per heavy atom. The van der Waals surface area contributed by atoms with E-state index in [0.29, 0.717) is 6.54 Å². The van der Waals surface area contributed by atoms with E-state index in [4.69, 9.17) is 0 Å². The zero-order valence-electron chi connectivity index (χ0n) is 18.4. The second-order valence-electron chi connectivity index (χ2n) is 8.99. The molecule has 1 aliphatic heterocycles. The van der Waals surface area contributed by atoms with Gasteiger partial charge in [-0.25, -0.2) is 9.78 Å². The number of nitrogens with zero attached hydrogens (tertiary/aromatic N) is 4. The van der Waals surface area contributed by atoms with E-state index >= 15 is 0 Å². The number of nitrogens with one attached hydrogen (secondary N) is 1. The number of carbonyl (C=O) groups excluding carboxylic acids is 1. The summed E-state index contributed by atoms with van der Waals surface area (Å²) in [5.41, 5.74) is 3.28. The van der Waals surface area contributed by atoms with Crippen LogP contribution in [0.3, 0.4) is 0 Å². The number of hydrogen-bond acceptors (Lipinski definition) is 4. The number of urea groups is 1. The molecule has 0 aliphatic carbocycles. The number of hydrogen-bond donors (Lipinski definition) is 1. The fourth-order valence-corrected chi connectivity index (χ4v) is 3.68. The summed E-state index contributed by atoms with van der Waals surface area (Å²) in [5.74, 6) is 0.974. The average Bonchev–Trinajstić information content (AvgIpc) is 2.67. The molecule has 1 N–H and O–H groups in total. The zero-order valence-corrected chi connectivity index (χ0v) is 18.4. The van der Waals surface area contributed by atoms with Gasteiger partial charge in [0.05, 0.1) is 5.69 Å². The molecule has 2 heterocycles. The largest absolute Gasteiger partial charge is 0.375 e. The van der Waals surface area contributed by atoms with Crippen molar-refractivity contribution in [3.05, 3.63) is 48.2 Å². The maximum atomic E-state index is 12.9. The molecule has 0 bridgehead atoms. The molecule has 0 radical (unpaired) electrons. The van der Waals surface area contributed by atoms with Crippen LogP contribution in [0.2, 0.25) is 0 Å². The lowest BCUT2D eigenvalue weighted by Crippen LogP contribution is -2.55. The summed E-state index contributed by atoms with van der Waals surface area (Å²) in [6.07, 6.45) is 1.83. The van der Waals surface area contributed by atoms with Gasteiger partial charge in [-0.3, -0.25) is 0 Å². The van der Waals surface area contributed by atoms with Gasteiger partial charge in [0.1, 0.15) is 0 Å². The Morgan fingerprint density at radius 2 is 1.83 bits per heavy atom. The summed E-state index contributed by atoms with van der Waals surface area (Å²) in [6.45, 7) is 10.8. The van der Waals surface area contributed by atoms with E-state index < -0.39 is 0 Å². The molecule has 1 aromatic carbocycles. The number of anilines is 3. The predicted molar refractivity (Wildman–Crippen MR) is 121 cm³/mol. The van der Waals surface area contributed by atoms with Gasteiger partial charge in [-0.1, -0.05) is 32.9 Å². The maximum Gasteiger partial charge on any atom is 0.322 e. The molecule has 6 nitrogen and oxygen atoms in total. The maximum absolute atomic E-state index is 12.9. The lowest BCUT2D eigenvalue weighted by molar-refractivity contribution is 0.184. The van der Waals surface area contributed by atoms with E-state index in [0.717, 1.165) is 30.3 Å². The highest BCUT2D eigenvalue weighted by Crippen LogP contribution is 2.28. The lowest BCUT2D eigenvalue weighted by Gasteiger charge is -2.41. The SMILES string of the molecule is C[C@H]1CN(c2ncccc2N(C)C)CCN1C(=O)Nc1ccc(C(C)(C)C)cc1. The molecule has 6 heteroatoms. The molecule has 0 saturated carbocycles. The Hall–Kier alpha value is -2.76. The van der Waals surface area contributed by atoms with Crippen LogP contribution in [0.15, 0.2) is 42.6 Å². The van der Waals surface area contributed by atoms with Crippen molar-refractivity contribution in [2.75, 3.05) is 48.8 Å². The number of carbonyl (C=O) groups is 1. The van der Waals surface area contributed by atoms with E-state index in [-0.39, 0.29) is 17.5 Å². The molecular weight excluding hydrogens is 362 g/mol. The summed E-state index contributed by atoms with van der Waals surface area (Å²) >= 11 is 0. The molecule has 2 aromatic rings. The highest BCUT2D eigenvalue weighted by atomic mass is 16.2. The molecule has 1 aromatic heterocycles. The Balaban J connectivity index is 1.65. The van der Waals surface area contributed by atoms with Crippen molar-refractivity contribution < 1.29 is 4.79 Å². The smallest absolute Gasteiger partial charge is 0.322 e. The number of pyridine rings is 1. The monoisotopic (exact) mass is 395 g/mol. The Labute approximate surface area is 174 Å². The van der Waals surface area contributed by atoms with Crippen molar-refractivity contribution in [3.63, 3.8) is 0 Å². The van der Waals surface area contributed by atoms with E-state index in [1.54, 1.807) is 0 Å². The summed E-state index contributed by atoms with van der Waals surface area (Å²) in [6, 6.07) is 12.2. The van der Waals surface area contributed by atoms with Gasteiger partial charge in [0, 0.05) is 51.7 Å².